The summed E-state index contributed by atoms with van der Waals surface area (Å²) in [5, 5.41) is 50.5. The highest BCUT2D eigenvalue weighted by Gasteiger charge is 2.26. The molecule has 0 atom stereocenters. The van der Waals surface area contributed by atoms with E-state index in [0.717, 1.165) is 38.0 Å². The van der Waals surface area contributed by atoms with Gasteiger partial charge in [-0.2, -0.15) is 0 Å². The Kier molecular flexibility index (Phi) is 25.8. The van der Waals surface area contributed by atoms with Gasteiger partial charge in [0.2, 0.25) is 0 Å². The molecule has 8 nitrogen and oxygen atoms in total. The van der Waals surface area contributed by atoms with E-state index in [0.29, 0.717) is 12.8 Å². The Bertz CT molecular complexity index is 350. The Morgan fingerprint density at radius 1 is 0.690 bits per heavy atom. The maximum Gasteiger partial charge on any atom is 0.303 e. The zero-order valence-corrected chi connectivity index (χ0v) is 18.5. The van der Waals surface area contributed by atoms with Crippen LogP contribution in [0, 0.1) is 11.3 Å². The first-order chi connectivity index (χ1) is 13.6. The molecule has 0 saturated heterocycles. The van der Waals surface area contributed by atoms with Crippen molar-refractivity contribution in [3.8, 4) is 0 Å². The number of aliphatic hydroxyl groups excluding tert-OH is 4. The first-order valence-electron chi connectivity index (χ1n) is 10.5. The number of aliphatic carboxylic acids is 2. The maximum absolute atomic E-state index is 10.1. The molecule has 0 aliphatic rings. The van der Waals surface area contributed by atoms with Gasteiger partial charge in [-0.25, -0.2) is 0 Å². The van der Waals surface area contributed by atoms with Crippen LogP contribution in [0.3, 0.4) is 0 Å². The molecule has 0 aromatic carbocycles. The molecule has 0 heterocycles. The largest absolute Gasteiger partial charge is 0.481 e. The molecule has 0 spiro atoms. The summed E-state index contributed by atoms with van der Waals surface area (Å²) in [5.74, 6) is -0.597. The zero-order chi connectivity index (χ0) is 23.1. The van der Waals surface area contributed by atoms with Crippen molar-refractivity contribution in [2.24, 2.45) is 11.3 Å². The topological polar surface area (TPSA) is 156 Å². The van der Waals surface area contributed by atoms with E-state index in [9.17, 15) is 9.59 Å². The summed E-state index contributed by atoms with van der Waals surface area (Å²) in [6.45, 7) is 4.87. The number of unbranched alkanes of at least 4 members (excludes halogenated alkanes) is 5. The molecule has 0 aliphatic carbocycles. The molecular weight excluding hydrogens is 380 g/mol. The Labute approximate surface area is 175 Å². The molecule has 0 saturated carbocycles. The van der Waals surface area contributed by atoms with Crippen molar-refractivity contribution in [1.29, 1.82) is 0 Å². The summed E-state index contributed by atoms with van der Waals surface area (Å²) in [5.41, 5.74) is -1.11. The minimum absolute atomic E-state index is 0.331. The molecule has 29 heavy (non-hydrogen) atoms. The van der Waals surface area contributed by atoms with Crippen LogP contribution in [0.4, 0.5) is 0 Å². The molecule has 6 N–H and O–H groups in total. The molecule has 176 valence electrons. The molecule has 0 unspecified atom stereocenters. The zero-order valence-electron chi connectivity index (χ0n) is 18.5. The van der Waals surface area contributed by atoms with E-state index in [1.807, 2.05) is 0 Å². The Morgan fingerprint density at radius 2 is 1.07 bits per heavy atom. The summed E-state index contributed by atoms with van der Waals surface area (Å²) in [4.78, 5) is 20.1. The highest BCUT2D eigenvalue weighted by molar-refractivity contribution is 5.66. The normalized spacial score (nSPS) is 10.6. The molecule has 0 aliphatic heterocycles. The van der Waals surface area contributed by atoms with Gasteiger partial charge in [-0.3, -0.25) is 9.59 Å². The molecule has 0 fully saturated rings. The van der Waals surface area contributed by atoms with Gasteiger partial charge in [0.05, 0.1) is 31.8 Å². The van der Waals surface area contributed by atoms with Crippen molar-refractivity contribution in [2.75, 3.05) is 26.4 Å². The highest BCUT2D eigenvalue weighted by Crippen LogP contribution is 2.12. The van der Waals surface area contributed by atoms with E-state index in [1.165, 1.54) is 19.3 Å². The Hall–Kier alpha value is -1.22. The standard InChI is InChI=1S/C9H18O2.C7H14O2.C5H12O4/c1-8(2)6-4-3-5-7-9(10)11;1-2-3-4-5-6-7(8)9;6-1-5(2-7,3-8)4-9/h8H,3-7H2,1-2H3,(H,10,11);2-6H2,1H3,(H,8,9);6-9H,1-4H2. The summed E-state index contributed by atoms with van der Waals surface area (Å²) >= 11 is 0. The fourth-order valence-electron chi connectivity index (χ4n) is 2.01. The first-order valence-corrected chi connectivity index (χ1v) is 10.5. The predicted molar refractivity (Wildman–Crippen MR) is 113 cm³/mol. The molecule has 0 aromatic heterocycles. The van der Waals surface area contributed by atoms with Crippen LogP contribution >= 0.6 is 0 Å². The van der Waals surface area contributed by atoms with Gasteiger partial charge in [0.15, 0.2) is 0 Å². The SMILES string of the molecule is CC(C)CCCCCC(=O)O.CCCCCCC(=O)O.OCC(CO)(CO)CO. The average Bonchev–Trinajstić information content (AvgIpc) is 2.68. The second-order valence-corrected chi connectivity index (χ2v) is 7.72. The van der Waals surface area contributed by atoms with Crippen molar-refractivity contribution in [2.45, 2.75) is 85.0 Å². The minimum atomic E-state index is -1.11. The second kappa shape index (κ2) is 23.1. The van der Waals surface area contributed by atoms with Crippen LogP contribution < -0.4 is 0 Å². The van der Waals surface area contributed by atoms with Gasteiger partial charge in [-0.05, 0) is 18.8 Å². The lowest BCUT2D eigenvalue weighted by molar-refractivity contribution is -0.138. The quantitative estimate of drug-likeness (QED) is 0.219. The van der Waals surface area contributed by atoms with Crippen LogP contribution in [0.1, 0.15) is 85.0 Å². The van der Waals surface area contributed by atoms with Gasteiger partial charge < -0.3 is 30.6 Å². The van der Waals surface area contributed by atoms with Gasteiger partial charge in [0.25, 0.3) is 0 Å². The van der Waals surface area contributed by atoms with Crippen LogP contribution in [0.2, 0.25) is 0 Å². The monoisotopic (exact) mass is 424 g/mol. The van der Waals surface area contributed by atoms with Crippen molar-refractivity contribution >= 4 is 11.9 Å². The van der Waals surface area contributed by atoms with E-state index >= 15 is 0 Å². The lowest BCUT2D eigenvalue weighted by atomic mass is 9.93. The predicted octanol–water partition coefficient (Wildman–Crippen LogP) is 2.66. The highest BCUT2D eigenvalue weighted by atomic mass is 16.4. The van der Waals surface area contributed by atoms with Gasteiger partial charge in [0.1, 0.15) is 0 Å². The second-order valence-electron chi connectivity index (χ2n) is 7.72. The third-order valence-electron chi connectivity index (χ3n) is 4.26. The summed E-state index contributed by atoms with van der Waals surface area (Å²) in [6.07, 6.45) is 9.17. The summed E-state index contributed by atoms with van der Waals surface area (Å²) < 4.78 is 0. The molecular formula is C21H44O8. The number of carboxylic acids is 2. The molecule has 0 amide bonds. The van der Waals surface area contributed by atoms with Crippen LogP contribution in [0.25, 0.3) is 0 Å². The fourth-order valence-corrected chi connectivity index (χ4v) is 2.01. The van der Waals surface area contributed by atoms with E-state index in [1.54, 1.807) is 0 Å². The molecule has 8 heteroatoms. The minimum Gasteiger partial charge on any atom is -0.481 e. The van der Waals surface area contributed by atoms with Gasteiger partial charge in [-0.15, -0.1) is 0 Å². The lowest BCUT2D eigenvalue weighted by Crippen LogP contribution is -2.37. The number of carbonyl (C=O) groups is 2. The van der Waals surface area contributed by atoms with Crippen LogP contribution in [0.5, 0.6) is 0 Å². The number of hydrogen-bond acceptors (Lipinski definition) is 6. The molecule has 0 aromatic rings. The van der Waals surface area contributed by atoms with E-state index in [-0.39, 0.29) is 0 Å². The van der Waals surface area contributed by atoms with E-state index < -0.39 is 43.8 Å². The van der Waals surface area contributed by atoms with Crippen molar-refractivity contribution in [3.63, 3.8) is 0 Å². The number of carboxylic acid groups (broad SMARTS) is 2. The Balaban J connectivity index is -0.000000352. The van der Waals surface area contributed by atoms with Crippen molar-refractivity contribution in [1.82, 2.24) is 0 Å². The average molecular weight is 425 g/mol. The fraction of sp³-hybridized carbons (Fsp3) is 0.905. The molecule has 0 radical (unpaired) electrons. The van der Waals surface area contributed by atoms with Crippen molar-refractivity contribution in [3.05, 3.63) is 0 Å². The van der Waals surface area contributed by atoms with E-state index in [2.05, 4.69) is 20.8 Å². The van der Waals surface area contributed by atoms with Crippen molar-refractivity contribution < 1.29 is 40.2 Å². The Morgan fingerprint density at radius 3 is 1.31 bits per heavy atom. The third kappa shape index (κ3) is 26.8. The lowest BCUT2D eigenvalue weighted by Gasteiger charge is -2.23. The van der Waals surface area contributed by atoms with Gasteiger partial charge in [0, 0.05) is 12.8 Å². The van der Waals surface area contributed by atoms with Gasteiger partial charge >= 0.3 is 11.9 Å². The number of hydrogen-bond donors (Lipinski definition) is 6. The molecule has 0 bridgehead atoms. The number of aliphatic hydroxyl groups is 4. The smallest absolute Gasteiger partial charge is 0.303 e. The van der Waals surface area contributed by atoms with Gasteiger partial charge in [-0.1, -0.05) is 59.3 Å². The van der Waals surface area contributed by atoms with Crippen LogP contribution in [-0.4, -0.2) is 69.0 Å². The number of rotatable bonds is 15. The van der Waals surface area contributed by atoms with E-state index in [4.69, 9.17) is 30.6 Å². The van der Waals surface area contributed by atoms with Crippen LogP contribution in [0.15, 0.2) is 0 Å². The van der Waals surface area contributed by atoms with Crippen LogP contribution in [-0.2, 0) is 9.59 Å². The third-order valence-corrected chi connectivity index (χ3v) is 4.26. The molecule has 0 rings (SSSR count). The maximum atomic E-state index is 10.1. The first kappa shape index (κ1) is 32.4. The summed E-state index contributed by atoms with van der Waals surface area (Å²) in [6, 6.07) is 0. The summed E-state index contributed by atoms with van der Waals surface area (Å²) in [7, 11) is 0.